The third-order valence-corrected chi connectivity index (χ3v) is 2.26. The first-order valence-electron chi connectivity index (χ1n) is 4.15. The van der Waals surface area contributed by atoms with E-state index in [-0.39, 0.29) is 6.17 Å². The van der Waals surface area contributed by atoms with Crippen LogP contribution in [0.2, 0.25) is 0 Å². The van der Waals surface area contributed by atoms with E-state index < -0.39 is 18.2 Å². The zero-order chi connectivity index (χ0) is 10.9. The molecule has 1 aliphatic heterocycles. The lowest BCUT2D eigenvalue weighted by molar-refractivity contribution is -0.175. The number of carbonyl (C=O) groups excluding carboxylic acids is 1. The van der Waals surface area contributed by atoms with Crippen LogP contribution in [-0.2, 0) is 4.79 Å². The summed E-state index contributed by atoms with van der Waals surface area (Å²) in [6.45, 7) is 2.12. The van der Waals surface area contributed by atoms with Crippen LogP contribution in [0.1, 0.15) is 6.92 Å². The van der Waals surface area contributed by atoms with E-state index in [2.05, 4.69) is 5.32 Å². The molecule has 0 spiro atoms. The molecule has 2 N–H and O–H groups in total. The Morgan fingerprint density at radius 3 is 2.50 bits per heavy atom. The number of nitrogens with zero attached hydrogens (tertiary/aromatic N) is 1. The predicted molar refractivity (Wildman–Crippen MR) is 43.2 cm³/mol. The summed E-state index contributed by atoms with van der Waals surface area (Å²) in [6.07, 6.45) is -5.44. The number of hydrogen-bond donors (Lipinski definition) is 2. The van der Waals surface area contributed by atoms with Gasteiger partial charge in [0.25, 0.3) is 0 Å². The summed E-state index contributed by atoms with van der Waals surface area (Å²) in [7, 11) is 1.64. The van der Waals surface area contributed by atoms with Crippen LogP contribution < -0.4 is 10.6 Å². The van der Waals surface area contributed by atoms with E-state index in [1.54, 1.807) is 18.9 Å². The van der Waals surface area contributed by atoms with E-state index in [4.69, 9.17) is 0 Å². The van der Waals surface area contributed by atoms with Gasteiger partial charge < -0.3 is 5.32 Å². The van der Waals surface area contributed by atoms with Crippen LogP contribution in [0.4, 0.5) is 13.2 Å². The maximum atomic E-state index is 11.9. The third-order valence-electron chi connectivity index (χ3n) is 2.26. The molecule has 1 fully saturated rings. The van der Waals surface area contributed by atoms with Crippen molar-refractivity contribution in [3.05, 3.63) is 0 Å². The topological polar surface area (TPSA) is 44.4 Å². The Kier molecular flexibility index (Phi) is 3.01. The van der Waals surface area contributed by atoms with Gasteiger partial charge in [-0.05, 0) is 14.0 Å². The van der Waals surface area contributed by atoms with Crippen LogP contribution in [0.25, 0.3) is 0 Å². The Hall–Kier alpha value is -0.820. The van der Waals surface area contributed by atoms with Gasteiger partial charge in [0.1, 0.15) is 0 Å². The van der Waals surface area contributed by atoms with Gasteiger partial charge in [0, 0.05) is 6.54 Å². The van der Waals surface area contributed by atoms with E-state index in [0.29, 0.717) is 6.54 Å². The Balaban J connectivity index is 2.50. The Morgan fingerprint density at radius 1 is 1.57 bits per heavy atom. The smallest absolute Gasteiger partial charge is 0.331 e. The summed E-state index contributed by atoms with van der Waals surface area (Å²) in [5.41, 5.74) is 0. The fraction of sp³-hybridized carbons (Fsp3) is 0.857. The van der Waals surface area contributed by atoms with Crippen molar-refractivity contribution < 1.29 is 18.0 Å². The van der Waals surface area contributed by atoms with E-state index >= 15 is 0 Å². The van der Waals surface area contributed by atoms with Crippen LogP contribution >= 0.6 is 0 Å². The fourth-order valence-corrected chi connectivity index (χ4v) is 1.23. The zero-order valence-electron chi connectivity index (χ0n) is 7.85. The molecule has 0 saturated carbocycles. The first kappa shape index (κ1) is 11.3. The number of amides is 1. The van der Waals surface area contributed by atoms with Gasteiger partial charge in [0.05, 0.1) is 12.3 Å². The second kappa shape index (κ2) is 3.74. The van der Waals surface area contributed by atoms with Crippen LogP contribution in [-0.4, -0.2) is 42.9 Å². The highest BCUT2D eigenvalue weighted by molar-refractivity contribution is 5.81. The molecule has 1 aliphatic rings. The minimum Gasteiger partial charge on any atom is -0.331 e. The number of rotatable bonds is 1. The highest BCUT2D eigenvalue weighted by Crippen LogP contribution is 2.15. The molecule has 0 aromatic heterocycles. The number of nitrogens with one attached hydrogen (secondary N) is 2. The molecule has 1 rings (SSSR count). The highest BCUT2D eigenvalue weighted by Gasteiger charge is 2.41. The van der Waals surface area contributed by atoms with Gasteiger partial charge in [-0.25, -0.2) is 0 Å². The maximum Gasteiger partial charge on any atom is 0.471 e. The maximum absolute atomic E-state index is 11.9. The highest BCUT2D eigenvalue weighted by atomic mass is 19.4. The quantitative estimate of drug-likeness (QED) is 0.635. The van der Waals surface area contributed by atoms with E-state index in [1.807, 2.05) is 5.32 Å². The van der Waals surface area contributed by atoms with Crippen LogP contribution in [0.5, 0.6) is 0 Å². The molecule has 1 saturated heterocycles. The van der Waals surface area contributed by atoms with Crippen LogP contribution in [0.3, 0.4) is 0 Å². The standard InChI is InChI=1S/C7H12F3N3O/c1-4-11-3-5(13(4)2)12-6(14)7(8,9)10/h4-5,11H,3H2,1-2H3,(H,12,14)/t4-,5+/m0/s1. The van der Waals surface area contributed by atoms with Gasteiger partial charge in [-0.2, -0.15) is 13.2 Å². The Morgan fingerprint density at radius 2 is 2.14 bits per heavy atom. The SMILES string of the molecule is C[C@H]1NC[C@H](NC(=O)C(F)(F)F)N1C. The number of hydrogen-bond acceptors (Lipinski definition) is 3. The molecule has 0 radical (unpaired) electrons. The van der Waals surface area contributed by atoms with Crippen molar-refractivity contribution in [2.24, 2.45) is 0 Å². The lowest BCUT2D eigenvalue weighted by Gasteiger charge is -2.23. The summed E-state index contributed by atoms with van der Waals surface area (Å²) in [6, 6.07) is 0. The van der Waals surface area contributed by atoms with Gasteiger partial charge in [-0.15, -0.1) is 0 Å². The number of carbonyl (C=O) groups is 1. The molecule has 0 bridgehead atoms. The van der Waals surface area contributed by atoms with E-state index in [1.165, 1.54) is 0 Å². The van der Waals surface area contributed by atoms with Crippen molar-refractivity contribution in [2.75, 3.05) is 13.6 Å². The molecule has 7 heteroatoms. The monoisotopic (exact) mass is 211 g/mol. The predicted octanol–water partition coefficient (Wildman–Crippen LogP) is -0.128. The molecular weight excluding hydrogens is 199 g/mol. The average Bonchev–Trinajstić information content (AvgIpc) is 2.34. The molecule has 0 aromatic carbocycles. The molecule has 0 aromatic rings. The first-order chi connectivity index (χ1) is 6.32. The molecular formula is C7H12F3N3O. The summed E-state index contributed by atoms with van der Waals surface area (Å²) < 4.78 is 35.6. The summed E-state index contributed by atoms with van der Waals surface area (Å²) in [5.74, 6) is -1.90. The minimum atomic E-state index is -4.81. The van der Waals surface area contributed by atoms with Gasteiger partial charge >= 0.3 is 12.1 Å². The number of alkyl halides is 3. The lowest BCUT2D eigenvalue weighted by atomic mass is 10.4. The zero-order valence-corrected chi connectivity index (χ0v) is 7.85. The first-order valence-corrected chi connectivity index (χ1v) is 4.15. The molecule has 14 heavy (non-hydrogen) atoms. The summed E-state index contributed by atoms with van der Waals surface area (Å²) in [5, 5.41) is 4.82. The van der Waals surface area contributed by atoms with Crippen molar-refractivity contribution in [3.63, 3.8) is 0 Å². The molecule has 1 heterocycles. The molecule has 1 amide bonds. The third kappa shape index (κ3) is 2.36. The van der Waals surface area contributed by atoms with Crippen LogP contribution in [0.15, 0.2) is 0 Å². The molecule has 0 unspecified atom stereocenters. The molecule has 4 nitrogen and oxygen atoms in total. The van der Waals surface area contributed by atoms with E-state index in [9.17, 15) is 18.0 Å². The Labute approximate surface area is 79.4 Å². The Bertz CT molecular complexity index is 231. The van der Waals surface area contributed by atoms with Crippen LogP contribution in [0, 0.1) is 0 Å². The van der Waals surface area contributed by atoms with Gasteiger partial charge in [-0.3, -0.25) is 15.0 Å². The normalized spacial score (nSPS) is 29.2. The average molecular weight is 211 g/mol. The molecule has 0 aliphatic carbocycles. The molecule has 82 valence electrons. The van der Waals surface area contributed by atoms with Crippen molar-refractivity contribution >= 4 is 5.91 Å². The van der Waals surface area contributed by atoms with Crippen molar-refractivity contribution in [1.29, 1.82) is 0 Å². The van der Waals surface area contributed by atoms with Gasteiger partial charge in [-0.1, -0.05) is 0 Å². The second-order valence-electron chi connectivity index (χ2n) is 3.24. The van der Waals surface area contributed by atoms with Gasteiger partial charge in [0.2, 0.25) is 0 Å². The van der Waals surface area contributed by atoms with Crippen molar-refractivity contribution in [1.82, 2.24) is 15.5 Å². The summed E-state index contributed by atoms with van der Waals surface area (Å²) >= 11 is 0. The van der Waals surface area contributed by atoms with Crippen molar-refractivity contribution in [2.45, 2.75) is 25.4 Å². The summed E-state index contributed by atoms with van der Waals surface area (Å²) in [4.78, 5) is 12.2. The fourth-order valence-electron chi connectivity index (χ4n) is 1.23. The lowest BCUT2D eigenvalue weighted by Crippen LogP contribution is -2.50. The molecule has 2 atom stereocenters. The minimum absolute atomic E-state index is 0.0338. The van der Waals surface area contributed by atoms with E-state index in [0.717, 1.165) is 0 Å². The largest absolute Gasteiger partial charge is 0.471 e. The number of likely N-dealkylation sites (N-methyl/N-ethyl adjacent to an activating group) is 1. The van der Waals surface area contributed by atoms with Gasteiger partial charge in [0.15, 0.2) is 0 Å². The van der Waals surface area contributed by atoms with Crippen molar-refractivity contribution in [3.8, 4) is 0 Å². The second-order valence-corrected chi connectivity index (χ2v) is 3.24. The number of halogens is 3.